The summed E-state index contributed by atoms with van der Waals surface area (Å²) in [6, 6.07) is 9.65. The monoisotopic (exact) mass is 435 g/mol. The van der Waals surface area contributed by atoms with E-state index < -0.39 is 35.0 Å². The lowest BCUT2D eigenvalue weighted by molar-refractivity contribution is -0.138. The number of hydrogen-bond acceptors (Lipinski definition) is 5. The third-order valence-electron chi connectivity index (χ3n) is 4.35. The number of nitrogens with zero attached hydrogens (tertiary/aromatic N) is 4. The molecule has 0 unspecified atom stereocenters. The SMILES string of the molecule is FC(F)(F)c1ccc(Nc2ncnc(-c3ccc4cccnc4c3)c2C(F)(F)F)nc1. The molecule has 4 rings (SSSR count). The number of fused-ring (bicyclic) bond motifs is 1. The molecule has 0 amide bonds. The molecule has 1 N–H and O–H groups in total. The smallest absolute Gasteiger partial charge is 0.324 e. The zero-order valence-corrected chi connectivity index (χ0v) is 15.3. The largest absolute Gasteiger partial charge is 0.422 e. The molecule has 11 heteroatoms. The van der Waals surface area contributed by atoms with E-state index in [1.807, 2.05) is 0 Å². The van der Waals surface area contributed by atoms with E-state index in [4.69, 9.17) is 0 Å². The number of halogens is 6. The van der Waals surface area contributed by atoms with E-state index in [9.17, 15) is 26.3 Å². The van der Waals surface area contributed by atoms with Gasteiger partial charge in [0, 0.05) is 23.3 Å². The van der Waals surface area contributed by atoms with Gasteiger partial charge >= 0.3 is 12.4 Å². The van der Waals surface area contributed by atoms with E-state index in [0.717, 1.165) is 17.8 Å². The summed E-state index contributed by atoms with van der Waals surface area (Å²) in [6.45, 7) is 0. The molecule has 4 aromatic rings. The molecule has 5 nitrogen and oxygen atoms in total. The molecule has 0 saturated carbocycles. The van der Waals surface area contributed by atoms with Crippen LogP contribution >= 0.6 is 0 Å². The van der Waals surface area contributed by atoms with Crippen LogP contribution in [0.3, 0.4) is 0 Å². The second-order valence-corrected chi connectivity index (χ2v) is 6.41. The Hall–Kier alpha value is -3.76. The van der Waals surface area contributed by atoms with Crippen molar-refractivity contribution < 1.29 is 26.3 Å². The van der Waals surface area contributed by atoms with E-state index in [1.54, 1.807) is 18.2 Å². The summed E-state index contributed by atoms with van der Waals surface area (Å²) in [5, 5.41) is 3.08. The molecule has 158 valence electrons. The van der Waals surface area contributed by atoms with Gasteiger partial charge < -0.3 is 5.32 Å². The Morgan fingerprint density at radius 2 is 1.58 bits per heavy atom. The van der Waals surface area contributed by atoms with Gasteiger partial charge in [0.1, 0.15) is 23.5 Å². The van der Waals surface area contributed by atoms with E-state index in [1.165, 1.54) is 18.3 Å². The van der Waals surface area contributed by atoms with E-state index >= 15 is 0 Å². The first-order chi connectivity index (χ1) is 14.6. The molecule has 0 fully saturated rings. The molecule has 0 aliphatic rings. The molecule has 0 radical (unpaired) electrons. The highest BCUT2D eigenvalue weighted by atomic mass is 19.4. The zero-order valence-electron chi connectivity index (χ0n) is 15.3. The molecule has 0 bridgehead atoms. The van der Waals surface area contributed by atoms with Gasteiger partial charge in [0.2, 0.25) is 0 Å². The van der Waals surface area contributed by atoms with Crippen LogP contribution in [0.25, 0.3) is 22.2 Å². The average molecular weight is 435 g/mol. The van der Waals surface area contributed by atoms with Crippen molar-refractivity contribution in [3.8, 4) is 11.3 Å². The molecule has 0 saturated heterocycles. The van der Waals surface area contributed by atoms with Gasteiger partial charge in [0.05, 0.1) is 16.8 Å². The summed E-state index contributed by atoms with van der Waals surface area (Å²) >= 11 is 0. The van der Waals surface area contributed by atoms with Gasteiger partial charge in [-0.05, 0) is 24.3 Å². The number of pyridine rings is 2. The Morgan fingerprint density at radius 1 is 0.774 bits per heavy atom. The van der Waals surface area contributed by atoms with Crippen LogP contribution < -0.4 is 5.32 Å². The standard InChI is InChI=1S/C20H11F6N5/c21-19(22,23)13-5-6-15(28-9-13)31-18-16(20(24,25)26)17(29-10-30-18)12-4-3-11-2-1-7-27-14(11)8-12/h1-10H,(H,28,29,30,31). The zero-order chi connectivity index (χ0) is 22.2. The summed E-state index contributed by atoms with van der Waals surface area (Å²) in [5.74, 6) is -0.866. The Morgan fingerprint density at radius 3 is 2.26 bits per heavy atom. The van der Waals surface area contributed by atoms with Gasteiger partial charge in [-0.1, -0.05) is 18.2 Å². The maximum atomic E-state index is 13.9. The Balaban J connectivity index is 1.78. The molecular formula is C20H11F6N5. The van der Waals surface area contributed by atoms with Gasteiger partial charge in [-0.3, -0.25) is 4.98 Å². The van der Waals surface area contributed by atoms with Crippen LogP contribution in [-0.4, -0.2) is 19.9 Å². The molecular weight excluding hydrogens is 424 g/mol. The van der Waals surface area contributed by atoms with Crippen molar-refractivity contribution in [2.75, 3.05) is 5.32 Å². The number of anilines is 2. The van der Waals surface area contributed by atoms with Crippen LogP contribution in [0.15, 0.2) is 61.2 Å². The molecule has 31 heavy (non-hydrogen) atoms. The first-order valence-electron chi connectivity index (χ1n) is 8.70. The highest BCUT2D eigenvalue weighted by molar-refractivity contribution is 5.84. The lowest BCUT2D eigenvalue weighted by atomic mass is 10.0. The summed E-state index contributed by atoms with van der Waals surface area (Å²) in [5.41, 5.74) is -1.97. The fourth-order valence-electron chi connectivity index (χ4n) is 2.94. The Kier molecular flexibility index (Phi) is 4.96. The third kappa shape index (κ3) is 4.25. The van der Waals surface area contributed by atoms with E-state index in [2.05, 4.69) is 25.3 Å². The molecule has 0 aliphatic heterocycles. The predicted octanol–water partition coefficient (Wildman–Crippen LogP) is 5.87. The van der Waals surface area contributed by atoms with Crippen molar-refractivity contribution in [3.05, 3.63) is 72.3 Å². The topological polar surface area (TPSA) is 63.6 Å². The van der Waals surface area contributed by atoms with Crippen LogP contribution in [0.2, 0.25) is 0 Å². The quantitative estimate of drug-likeness (QED) is 0.408. The number of rotatable bonds is 3. The van der Waals surface area contributed by atoms with Crippen molar-refractivity contribution in [2.45, 2.75) is 12.4 Å². The average Bonchev–Trinajstić information content (AvgIpc) is 2.72. The molecule has 3 aromatic heterocycles. The lowest BCUT2D eigenvalue weighted by Crippen LogP contribution is -2.14. The fraction of sp³-hybridized carbons (Fsp3) is 0.100. The van der Waals surface area contributed by atoms with Gasteiger partial charge in [0.25, 0.3) is 0 Å². The van der Waals surface area contributed by atoms with Crippen LogP contribution in [0.4, 0.5) is 38.0 Å². The van der Waals surface area contributed by atoms with Gasteiger partial charge in [-0.15, -0.1) is 0 Å². The van der Waals surface area contributed by atoms with E-state index in [-0.39, 0.29) is 11.4 Å². The number of aromatic nitrogens is 4. The van der Waals surface area contributed by atoms with Gasteiger partial charge in [-0.2, -0.15) is 26.3 Å². The first kappa shape index (κ1) is 20.5. The van der Waals surface area contributed by atoms with Crippen molar-refractivity contribution >= 4 is 22.5 Å². The second-order valence-electron chi connectivity index (χ2n) is 6.41. The number of hydrogen-bond donors (Lipinski definition) is 1. The molecule has 0 atom stereocenters. The highest BCUT2D eigenvalue weighted by Crippen LogP contribution is 2.41. The molecule has 0 spiro atoms. The highest BCUT2D eigenvalue weighted by Gasteiger charge is 2.39. The minimum absolute atomic E-state index is 0.157. The molecule has 0 aliphatic carbocycles. The normalized spacial score (nSPS) is 12.2. The van der Waals surface area contributed by atoms with Crippen LogP contribution in [0.5, 0.6) is 0 Å². The number of nitrogens with one attached hydrogen (secondary N) is 1. The minimum atomic E-state index is -4.86. The van der Waals surface area contributed by atoms with Gasteiger partial charge in [0.15, 0.2) is 0 Å². The number of benzene rings is 1. The van der Waals surface area contributed by atoms with E-state index in [0.29, 0.717) is 17.8 Å². The second kappa shape index (κ2) is 7.49. The number of alkyl halides is 6. The molecule has 3 heterocycles. The third-order valence-corrected chi connectivity index (χ3v) is 4.35. The van der Waals surface area contributed by atoms with Crippen LogP contribution in [0, 0.1) is 0 Å². The predicted molar refractivity (Wildman–Crippen MR) is 100 cm³/mol. The summed E-state index contributed by atoms with van der Waals surface area (Å²) < 4.78 is 79.8. The Labute approximate surface area is 170 Å². The maximum absolute atomic E-state index is 13.9. The molecule has 1 aromatic carbocycles. The van der Waals surface area contributed by atoms with Crippen molar-refractivity contribution in [3.63, 3.8) is 0 Å². The van der Waals surface area contributed by atoms with Crippen molar-refractivity contribution in [1.82, 2.24) is 19.9 Å². The van der Waals surface area contributed by atoms with Gasteiger partial charge in [-0.25, -0.2) is 15.0 Å². The van der Waals surface area contributed by atoms with Crippen molar-refractivity contribution in [1.29, 1.82) is 0 Å². The lowest BCUT2D eigenvalue weighted by Gasteiger charge is -2.17. The van der Waals surface area contributed by atoms with Crippen LogP contribution in [0.1, 0.15) is 11.1 Å². The summed E-state index contributed by atoms with van der Waals surface area (Å²) in [7, 11) is 0. The summed E-state index contributed by atoms with van der Waals surface area (Å²) in [4.78, 5) is 15.1. The Bertz CT molecular complexity index is 1240. The minimum Gasteiger partial charge on any atom is -0.324 e. The fourth-order valence-corrected chi connectivity index (χ4v) is 2.94. The van der Waals surface area contributed by atoms with Crippen molar-refractivity contribution in [2.24, 2.45) is 0 Å². The first-order valence-corrected chi connectivity index (χ1v) is 8.70. The van der Waals surface area contributed by atoms with Crippen LogP contribution in [-0.2, 0) is 12.4 Å². The maximum Gasteiger partial charge on any atom is 0.422 e. The summed E-state index contributed by atoms with van der Waals surface area (Å²) in [6.07, 6.45) is -6.51.